The van der Waals surface area contributed by atoms with Crippen LogP contribution in [0.25, 0.3) is 0 Å². The van der Waals surface area contributed by atoms with Crippen molar-refractivity contribution in [3.8, 4) is 0 Å². The summed E-state index contributed by atoms with van der Waals surface area (Å²) in [6, 6.07) is 0. The third-order valence-electron chi connectivity index (χ3n) is 5.12. The van der Waals surface area contributed by atoms with E-state index in [1.807, 2.05) is 0 Å². The van der Waals surface area contributed by atoms with E-state index in [-0.39, 0.29) is 10.8 Å². The van der Waals surface area contributed by atoms with E-state index in [2.05, 4.69) is 13.8 Å². The average Bonchev–Trinajstić information content (AvgIpc) is 1.92. The highest BCUT2D eigenvalue weighted by atomic mass is 32.2. The zero-order chi connectivity index (χ0) is 11.8. The molecule has 0 amide bonds. The molecule has 4 fully saturated rings. The second-order valence-electron chi connectivity index (χ2n) is 7.29. The Morgan fingerprint density at radius 3 is 1.88 bits per heavy atom. The summed E-state index contributed by atoms with van der Waals surface area (Å²) < 4.78 is 32.2. The topological polar surface area (TPSA) is 54.4 Å². The van der Waals surface area contributed by atoms with E-state index in [0.29, 0.717) is 25.2 Å². The molecule has 4 heteroatoms. The third kappa shape index (κ3) is 1.32. The summed E-state index contributed by atoms with van der Waals surface area (Å²) in [5.41, 5.74) is 0.286. The van der Waals surface area contributed by atoms with Gasteiger partial charge in [-0.1, -0.05) is 13.8 Å². The van der Waals surface area contributed by atoms with Gasteiger partial charge in [-0.3, -0.25) is 4.55 Å². The molecule has 3 nitrogen and oxygen atoms in total. The maximum Gasteiger partial charge on any atom is 0.270 e. The second kappa shape index (κ2) is 2.66. The van der Waals surface area contributed by atoms with Crippen LogP contribution in [0.3, 0.4) is 0 Å². The Morgan fingerprint density at radius 1 is 1.00 bits per heavy atom. The fourth-order valence-electron chi connectivity index (χ4n) is 5.63. The van der Waals surface area contributed by atoms with Crippen molar-refractivity contribution < 1.29 is 13.0 Å². The van der Waals surface area contributed by atoms with Crippen molar-refractivity contribution in [1.29, 1.82) is 0 Å². The molecule has 0 aromatic carbocycles. The van der Waals surface area contributed by atoms with Crippen LogP contribution in [0.4, 0.5) is 0 Å². The first-order valence-corrected chi connectivity index (χ1v) is 7.57. The van der Waals surface area contributed by atoms with Gasteiger partial charge in [-0.2, -0.15) is 8.42 Å². The predicted molar refractivity (Wildman–Crippen MR) is 61.7 cm³/mol. The van der Waals surface area contributed by atoms with Crippen molar-refractivity contribution in [2.45, 2.75) is 57.1 Å². The lowest BCUT2D eigenvalue weighted by Gasteiger charge is -2.63. The Labute approximate surface area is 97.4 Å². The van der Waals surface area contributed by atoms with E-state index in [0.717, 1.165) is 19.3 Å². The zero-order valence-corrected chi connectivity index (χ0v) is 10.8. The molecule has 92 valence electrons. The fourth-order valence-corrected chi connectivity index (χ4v) is 7.14. The Bertz CT molecular complexity index is 421. The molecule has 0 spiro atoms. The summed E-state index contributed by atoms with van der Waals surface area (Å²) in [6.07, 6.45) is 5.47. The lowest BCUT2D eigenvalue weighted by Crippen LogP contribution is -2.61. The molecule has 1 N–H and O–H groups in total. The average molecular weight is 244 g/mol. The number of rotatable bonds is 1. The molecule has 4 atom stereocenters. The van der Waals surface area contributed by atoms with Gasteiger partial charge >= 0.3 is 0 Å². The fraction of sp³-hybridized carbons (Fsp3) is 1.00. The van der Waals surface area contributed by atoms with Crippen molar-refractivity contribution in [2.24, 2.45) is 16.7 Å². The maximum atomic E-state index is 11.7. The van der Waals surface area contributed by atoms with E-state index in [1.165, 1.54) is 0 Å². The Hall–Kier alpha value is -0.0900. The van der Waals surface area contributed by atoms with E-state index in [1.54, 1.807) is 0 Å². The molecule has 0 saturated heterocycles. The standard InChI is InChI=1S/C12H20O3S/c1-10-3-9-4-11(2,6-10)8-12(5-9,7-10)16(13,14)15/h9H,3-8H2,1-2H3,(H,13,14,15)/t9?,10-,11+,12?. The number of hydrogen-bond acceptors (Lipinski definition) is 2. The number of hydrogen-bond donors (Lipinski definition) is 1. The Balaban J connectivity index is 2.12. The minimum Gasteiger partial charge on any atom is -0.285 e. The summed E-state index contributed by atoms with van der Waals surface area (Å²) in [5, 5.41) is 0. The van der Waals surface area contributed by atoms with Crippen molar-refractivity contribution in [1.82, 2.24) is 0 Å². The molecule has 4 saturated carbocycles. The molecule has 4 aliphatic rings. The van der Waals surface area contributed by atoms with Crippen molar-refractivity contribution in [2.75, 3.05) is 0 Å². The highest BCUT2D eigenvalue weighted by molar-refractivity contribution is 7.87. The highest BCUT2D eigenvalue weighted by Gasteiger charge is 2.64. The Kier molecular flexibility index (Phi) is 1.84. The minimum atomic E-state index is -3.90. The van der Waals surface area contributed by atoms with Crippen LogP contribution in [0.5, 0.6) is 0 Å². The molecule has 0 aliphatic heterocycles. The lowest BCUT2D eigenvalue weighted by atomic mass is 9.45. The van der Waals surface area contributed by atoms with Crippen LogP contribution in [0.2, 0.25) is 0 Å². The molecule has 0 aromatic heterocycles. The summed E-state index contributed by atoms with van der Waals surface area (Å²) >= 11 is 0. The van der Waals surface area contributed by atoms with Gasteiger partial charge in [0.05, 0.1) is 4.75 Å². The van der Waals surface area contributed by atoms with E-state index in [4.69, 9.17) is 0 Å². The minimum absolute atomic E-state index is 0.143. The van der Waals surface area contributed by atoms with Crippen LogP contribution in [-0.2, 0) is 10.1 Å². The van der Waals surface area contributed by atoms with Crippen LogP contribution in [0.1, 0.15) is 52.4 Å². The quantitative estimate of drug-likeness (QED) is 0.721. The predicted octanol–water partition coefficient (Wildman–Crippen LogP) is 2.62. The SMILES string of the molecule is C[C@]12CC3CC(S(=O)(=O)O)(C1)C[C@@](C)(C3)C2. The first-order valence-electron chi connectivity index (χ1n) is 6.13. The second-order valence-corrected chi connectivity index (χ2v) is 9.10. The lowest BCUT2D eigenvalue weighted by molar-refractivity contribution is -0.0824. The molecule has 0 aromatic rings. The van der Waals surface area contributed by atoms with E-state index in [9.17, 15) is 13.0 Å². The van der Waals surface area contributed by atoms with E-state index >= 15 is 0 Å². The van der Waals surface area contributed by atoms with E-state index < -0.39 is 14.9 Å². The van der Waals surface area contributed by atoms with Crippen molar-refractivity contribution in [3.05, 3.63) is 0 Å². The van der Waals surface area contributed by atoms with Crippen molar-refractivity contribution >= 4 is 10.1 Å². The van der Waals surface area contributed by atoms with Gasteiger partial charge in [0, 0.05) is 0 Å². The summed E-state index contributed by atoms with van der Waals surface area (Å²) in [4.78, 5) is 0. The van der Waals surface area contributed by atoms with Crippen LogP contribution in [0, 0.1) is 16.7 Å². The first-order chi connectivity index (χ1) is 7.16. The smallest absolute Gasteiger partial charge is 0.270 e. The molecule has 0 heterocycles. The molecular formula is C12H20O3S. The van der Waals surface area contributed by atoms with Gasteiger partial charge in [0.15, 0.2) is 0 Å². The summed E-state index contributed by atoms with van der Waals surface area (Å²) in [7, 11) is -3.90. The molecule has 16 heavy (non-hydrogen) atoms. The molecule has 4 aliphatic carbocycles. The third-order valence-corrected chi connectivity index (χ3v) is 6.67. The largest absolute Gasteiger partial charge is 0.285 e. The summed E-state index contributed by atoms with van der Waals surface area (Å²) in [6.45, 7) is 4.41. The highest BCUT2D eigenvalue weighted by Crippen LogP contribution is 2.68. The monoisotopic (exact) mass is 244 g/mol. The Morgan fingerprint density at radius 2 is 1.50 bits per heavy atom. The molecule has 4 bridgehead atoms. The van der Waals surface area contributed by atoms with Gasteiger partial charge in [0.1, 0.15) is 0 Å². The van der Waals surface area contributed by atoms with Gasteiger partial charge in [-0.25, -0.2) is 0 Å². The molecule has 0 radical (unpaired) electrons. The van der Waals surface area contributed by atoms with Crippen molar-refractivity contribution in [3.63, 3.8) is 0 Å². The first kappa shape index (κ1) is 11.0. The van der Waals surface area contributed by atoms with Gasteiger partial charge < -0.3 is 0 Å². The molecular weight excluding hydrogens is 224 g/mol. The zero-order valence-electron chi connectivity index (χ0n) is 9.99. The maximum absolute atomic E-state index is 11.7. The summed E-state index contributed by atoms with van der Waals surface area (Å²) in [5.74, 6) is 0.508. The normalized spacial score (nSPS) is 55.6. The van der Waals surface area contributed by atoms with Gasteiger partial charge in [0.25, 0.3) is 10.1 Å². The van der Waals surface area contributed by atoms with Crippen LogP contribution >= 0.6 is 0 Å². The van der Waals surface area contributed by atoms with Gasteiger partial charge in [-0.15, -0.1) is 0 Å². The van der Waals surface area contributed by atoms with Crippen LogP contribution in [0.15, 0.2) is 0 Å². The van der Waals surface area contributed by atoms with Gasteiger partial charge in [-0.05, 0) is 55.3 Å². The van der Waals surface area contributed by atoms with Gasteiger partial charge in [0.2, 0.25) is 0 Å². The van der Waals surface area contributed by atoms with Crippen LogP contribution < -0.4 is 0 Å². The van der Waals surface area contributed by atoms with Crippen LogP contribution in [-0.4, -0.2) is 17.7 Å². The molecule has 4 rings (SSSR count). The molecule has 2 unspecified atom stereocenters.